The van der Waals surface area contributed by atoms with Crippen LogP contribution >= 0.6 is 0 Å². The van der Waals surface area contributed by atoms with Crippen LogP contribution in [0.3, 0.4) is 0 Å². The first-order valence-corrected chi connectivity index (χ1v) is 11.6. The molecule has 0 saturated heterocycles. The van der Waals surface area contributed by atoms with Gasteiger partial charge in [0, 0.05) is 0 Å². The zero-order chi connectivity index (χ0) is 20.9. The minimum atomic E-state index is 0. The van der Waals surface area contributed by atoms with Gasteiger partial charge in [0.05, 0.1) is 0 Å². The summed E-state index contributed by atoms with van der Waals surface area (Å²) in [6, 6.07) is 13.5. The summed E-state index contributed by atoms with van der Waals surface area (Å²) in [6.45, 7) is 13.5. The van der Waals surface area contributed by atoms with Crippen molar-refractivity contribution in [3.63, 3.8) is 0 Å². The minimum absolute atomic E-state index is 0. The Hall–Kier alpha value is -0.747. The molecule has 0 nitrogen and oxygen atoms in total. The van der Waals surface area contributed by atoms with Crippen molar-refractivity contribution in [3.8, 4) is 0 Å². The van der Waals surface area contributed by atoms with Gasteiger partial charge in [-0.25, -0.2) is 12.2 Å². The van der Waals surface area contributed by atoms with Gasteiger partial charge < -0.3 is 24.8 Å². The second-order valence-corrected chi connectivity index (χ2v) is 9.38. The van der Waals surface area contributed by atoms with E-state index in [0.29, 0.717) is 0 Å². The van der Waals surface area contributed by atoms with Crippen molar-refractivity contribution in [3.05, 3.63) is 81.9 Å². The summed E-state index contributed by atoms with van der Waals surface area (Å²) in [7, 11) is 0. The number of rotatable bonds is 0. The topological polar surface area (TPSA) is 0 Å². The monoisotopic (exact) mass is 516 g/mol. The molecule has 2 aromatic rings. The summed E-state index contributed by atoms with van der Waals surface area (Å²) in [5.41, 5.74) is 8.86. The van der Waals surface area contributed by atoms with E-state index in [4.69, 9.17) is 0 Å². The maximum atomic E-state index is 3.34. The Bertz CT molecular complexity index is 807. The molecule has 0 spiro atoms. The average Bonchev–Trinajstić information content (AvgIpc) is 3.30. The third kappa shape index (κ3) is 7.74. The molecule has 2 aliphatic rings. The minimum Gasteiger partial charge on any atom is -1.00 e. The fraction of sp³-hybridized carbons (Fsp3) is 0.370. The third-order valence-corrected chi connectivity index (χ3v) is 5.12. The van der Waals surface area contributed by atoms with Crippen LogP contribution in [-0.4, -0.2) is 4.21 Å². The van der Waals surface area contributed by atoms with E-state index in [9.17, 15) is 0 Å². The van der Waals surface area contributed by atoms with Crippen molar-refractivity contribution in [1.29, 1.82) is 0 Å². The summed E-state index contributed by atoms with van der Waals surface area (Å²) in [5.74, 6) is 0. The average molecular weight is 519 g/mol. The summed E-state index contributed by atoms with van der Waals surface area (Å²) >= 11 is 1.30. The van der Waals surface area contributed by atoms with Crippen molar-refractivity contribution in [1.82, 2.24) is 0 Å². The van der Waals surface area contributed by atoms with E-state index >= 15 is 0 Å². The molecule has 160 valence electrons. The Balaban J connectivity index is 0.000000488. The van der Waals surface area contributed by atoms with E-state index in [1.807, 2.05) is 0 Å². The smallest absolute Gasteiger partial charge is 1.00 e. The van der Waals surface area contributed by atoms with Gasteiger partial charge in [0.15, 0.2) is 0 Å². The number of fused-ring (bicyclic) bond motifs is 2. The van der Waals surface area contributed by atoms with Crippen LogP contribution in [0.5, 0.6) is 0 Å². The van der Waals surface area contributed by atoms with Crippen molar-refractivity contribution >= 4 is 16.4 Å². The van der Waals surface area contributed by atoms with Gasteiger partial charge in [0.1, 0.15) is 0 Å². The zero-order valence-electron chi connectivity index (χ0n) is 19.0. The Labute approximate surface area is 211 Å². The quantitative estimate of drug-likeness (QED) is 0.451. The van der Waals surface area contributed by atoms with Crippen molar-refractivity contribution in [2.45, 2.75) is 65.2 Å². The summed E-state index contributed by atoms with van der Waals surface area (Å²) in [5, 5.41) is 0. The van der Waals surface area contributed by atoms with Gasteiger partial charge in [-0.1, -0.05) is 76.9 Å². The molecule has 0 bridgehead atoms. The molecule has 2 aromatic carbocycles. The van der Waals surface area contributed by atoms with Gasteiger partial charge in [-0.15, -0.1) is 36.1 Å². The largest absolute Gasteiger partial charge is 1.00 e. The van der Waals surface area contributed by atoms with Gasteiger partial charge in [0.25, 0.3) is 0 Å². The molecule has 0 aromatic heterocycles. The van der Waals surface area contributed by atoms with Gasteiger partial charge in [-0.2, -0.15) is 11.1 Å². The van der Waals surface area contributed by atoms with Crippen LogP contribution < -0.4 is 24.8 Å². The van der Waals surface area contributed by atoms with E-state index in [1.165, 1.54) is 57.6 Å². The first-order valence-electron chi connectivity index (χ1n) is 9.90. The van der Waals surface area contributed by atoms with Crippen molar-refractivity contribution in [2.75, 3.05) is 0 Å². The molecule has 0 unspecified atom stereocenters. The predicted octanol–water partition coefficient (Wildman–Crippen LogP) is 0.686. The number of hydrogen-bond donors (Lipinski definition) is 0. The third-order valence-electron chi connectivity index (χ3n) is 5.12. The van der Waals surface area contributed by atoms with Crippen molar-refractivity contribution in [2.24, 2.45) is 0 Å². The predicted molar refractivity (Wildman–Crippen MR) is 120 cm³/mol. The van der Waals surface area contributed by atoms with Crippen molar-refractivity contribution < 1.29 is 49.0 Å². The molecular formula is C27H32Cl2Zr-2. The van der Waals surface area contributed by atoms with E-state index in [2.05, 4.69) is 106 Å². The number of halogens is 2. The fourth-order valence-electron chi connectivity index (χ4n) is 3.26. The summed E-state index contributed by atoms with van der Waals surface area (Å²) in [4.78, 5) is 0. The molecule has 4 rings (SSSR count). The second-order valence-electron chi connectivity index (χ2n) is 9.38. The van der Waals surface area contributed by atoms with Gasteiger partial charge in [-0.3, -0.25) is 12.2 Å². The molecule has 0 amide bonds. The standard InChI is InChI=1S/2C13H15.CH2.2ClH.Zr/c2*1-13(2,3)12-8-7-10-5-4-6-11(10)9-12;;;;/h2*6-9H,5H2,1-3H3;1H2;2*1H;/q2*-1;;;;+2/p-2. The Morgan fingerprint density at radius 2 is 1.00 bits per heavy atom. The molecule has 0 atom stereocenters. The fourth-order valence-corrected chi connectivity index (χ4v) is 3.26. The summed E-state index contributed by atoms with van der Waals surface area (Å²) in [6.07, 6.45) is 12.7. The van der Waals surface area contributed by atoms with E-state index in [1.54, 1.807) is 0 Å². The molecule has 3 heteroatoms. The van der Waals surface area contributed by atoms with E-state index in [0.717, 1.165) is 12.8 Å². The normalized spacial score (nSPS) is 12.9. The number of allylic oxidation sites excluding steroid dienone is 2. The van der Waals surface area contributed by atoms with Crippen LogP contribution in [0.2, 0.25) is 0 Å². The molecule has 0 radical (unpaired) electrons. The summed E-state index contributed by atoms with van der Waals surface area (Å²) < 4.78 is 3.34. The van der Waals surface area contributed by atoms with Crippen LogP contribution in [0, 0.1) is 12.2 Å². The Morgan fingerprint density at radius 1 is 0.667 bits per heavy atom. The molecule has 0 N–H and O–H groups in total. The van der Waals surface area contributed by atoms with Gasteiger partial charge in [0.2, 0.25) is 0 Å². The van der Waals surface area contributed by atoms with Crippen LogP contribution in [0.4, 0.5) is 0 Å². The SMILES string of the molecule is CC(C)(C)c1ccc2c(c1)C=[C-]C2.CC(C)(C)c1ccc2c(c1)C=[C-]C2.[CH2]=[Zr+2].[Cl-].[Cl-]. The Kier molecular flexibility index (Phi) is 12.0. The first-order chi connectivity index (χ1) is 13.1. The molecule has 2 aliphatic carbocycles. The van der Waals surface area contributed by atoms with Gasteiger partial charge >= 0.3 is 28.4 Å². The maximum Gasteiger partial charge on any atom is -1.00 e. The van der Waals surface area contributed by atoms with Gasteiger partial charge in [-0.05, 0) is 10.8 Å². The number of hydrogen-bond acceptors (Lipinski definition) is 0. The molecule has 0 heterocycles. The molecule has 0 aliphatic heterocycles. The van der Waals surface area contributed by atoms with Crippen LogP contribution in [0.1, 0.15) is 74.9 Å². The number of benzene rings is 2. The van der Waals surface area contributed by atoms with Crippen LogP contribution in [0.25, 0.3) is 12.2 Å². The molecule has 30 heavy (non-hydrogen) atoms. The second kappa shape index (κ2) is 12.3. The molecular weight excluding hydrogens is 486 g/mol. The van der Waals surface area contributed by atoms with E-state index in [-0.39, 0.29) is 35.6 Å². The van der Waals surface area contributed by atoms with Crippen LogP contribution in [-0.2, 0) is 47.9 Å². The maximum absolute atomic E-state index is 3.34. The zero-order valence-corrected chi connectivity index (χ0v) is 23.0. The molecule has 0 fully saturated rings. The van der Waals surface area contributed by atoms with E-state index < -0.39 is 0 Å². The Morgan fingerprint density at radius 3 is 1.30 bits per heavy atom. The van der Waals surface area contributed by atoms with Crippen LogP contribution in [0.15, 0.2) is 36.4 Å². The molecule has 0 saturated carbocycles. The first kappa shape index (κ1) is 29.3.